The highest BCUT2D eigenvalue weighted by molar-refractivity contribution is 5.70. The fraction of sp³-hybridized carbons (Fsp3) is 0.875. The molecule has 0 aromatic heterocycles. The van der Waals surface area contributed by atoms with E-state index in [1.807, 2.05) is 6.92 Å². The van der Waals surface area contributed by atoms with E-state index in [0.717, 1.165) is 12.8 Å². The average Bonchev–Trinajstić information content (AvgIpc) is 2.05. The summed E-state index contributed by atoms with van der Waals surface area (Å²) in [6.07, 6.45) is 1.95. The first-order valence-corrected chi connectivity index (χ1v) is 4.18. The van der Waals surface area contributed by atoms with E-state index in [4.69, 9.17) is 4.74 Å². The molecule has 0 N–H and O–H groups in total. The highest BCUT2D eigenvalue weighted by Crippen LogP contribution is 1.99. The van der Waals surface area contributed by atoms with Crippen LogP contribution in [0.5, 0.6) is 0 Å². The Bertz CT molecular complexity index is 147. The van der Waals surface area contributed by atoms with Crippen LogP contribution in [0.15, 0.2) is 5.18 Å². The largest absolute Gasteiger partial charge is 0.466 e. The number of hydrogen-bond acceptors (Lipinski definition) is 4. The topological polar surface area (TPSA) is 55.7 Å². The lowest BCUT2D eigenvalue weighted by atomic mass is 10.2. The van der Waals surface area contributed by atoms with E-state index in [9.17, 15) is 9.70 Å². The van der Waals surface area contributed by atoms with E-state index < -0.39 is 6.04 Å². The monoisotopic (exact) mass is 173 g/mol. The molecule has 4 nitrogen and oxygen atoms in total. The Hall–Kier alpha value is -0.930. The molecule has 0 unspecified atom stereocenters. The lowest BCUT2D eigenvalue weighted by Crippen LogP contribution is -2.11. The molecule has 0 saturated carbocycles. The molecule has 1 atom stereocenters. The van der Waals surface area contributed by atoms with Gasteiger partial charge in [0, 0.05) is 0 Å². The Balaban J connectivity index is 3.39. The minimum absolute atomic E-state index is 0.0905. The van der Waals surface area contributed by atoms with Crippen LogP contribution in [-0.4, -0.2) is 18.6 Å². The highest BCUT2D eigenvalue weighted by atomic mass is 16.5. The normalized spacial score (nSPS) is 12.2. The van der Waals surface area contributed by atoms with Crippen molar-refractivity contribution in [3.63, 3.8) is 0 Å². The maximum atomic E-state index is 10.9. The Labute approximate surface area is 72.3 Å². The molecule has 0 bridgehead atoms. The van der Waals surface area contributed by atoms with Crippen LogP contribution in [0, 0.1) is 4.91 Å². The third-order valence-electron chi connectivity index (χ3n) is 1.40. The summed E-state index contributed by atoms with van der Waals surface area (Å²) in [5.41, 5.74) is 0. The molecule has 0 amide bonds. The summed E-state index contributed by atoms with van der Waals surface area (Å²) < 4.78 is 4.82. The van der Waals surface area contributed by atoms with Gasteiger partial charge in [-0.25, -0.2) is 0 Å². The zero-order valence-corrected chi connectivity index (χ0v) is 7.58. The molecule has 0 fully saturated rings. The van der Waals surface area contributed by atoms with Crippen LogP contribution in [0.2, 0.25) is 0 Å². The van der Waals surface area contributed by atoms with Crippen LogP contribution in [0.25, 0.3) is 0 Å². The van der Waals surface area contributed by atoms with E-state index in [1.165, 1.54) is 0 Å². The number of carbonyl (C=O) groups is 1. The number of carbonyl (C=O) groups excluding carboxylic acids is 1. The number of hydrogen-bond donors (Lipinski definition) is 0. The van der Waals surface area contributed by atoms with Crippen molar-refractivity contribution in [2.24, 2.45) is 5.18 Å². The maximum absolute atomic E-state index is 10.9. The summed E-state index contributed by atoms with van der Waals surface area (Å²) in [5.74, 6) is -0.337. The van der Waals surface area contributed by atoms with Gasteiger partial charge >= 0.3 is 5.97 Å². The van der Waals surface area contributed by atoms with Gasteiger partial charge in [-0.05, 0) is 13.3 Å². The number of nitroso groups, excluding NO2 is 1. The van der Waals surface area contributed by atoms with E-state index in [-0.39, 0.29) is 12.4 Å². The van der Waals surface area contributed by atoms with E-state index in [0.29, 0.717) is 6.61 Å². The van der Waals surface area contributed by atoms with Gasteiger partial charge in [0.1, 0.15) is 0 Å². The van der Waals surface area contributed by atoms with Gasteiger partial charge in [0.15, 0.2) is 0 Å². The molecule has 0 spiro atoms. The van der Waals surface area contributed by atoms with Crippen molar-refractivity contribution in [2.45, 2.75) is 39.2 Å². The molecular weight excluding hydrogens is 158 g/mol. The smallest absolute Gasteiger partial charge is 0.308 e. The van der Waals surface area contributed by atoms with Crippen LogP contribution < -0.4 is 0 Å². The molecular formula is C8H15NO3. The second-order valence-electron chi connectivity index (χ2n) is 2.73. The number of unbranched alkanes of at least 4 members (excludes halogenated alkanes) is 1. The van der Waals surface area contributed by atoms with E-state index in [1.54, 1.807) is 6.92 Å². The fourth-order valence-corrected chi connectivity index (χ4v) is 0.668. The van der Waals surface area contributed by atoms with Gasteiger partial charge in [0.2, 0.25) is 0 Å². The zero-order chi connectivity index (χ0) is 9.40. The summed E-state index contributed by atoms with van der Waals surface area (Å²) >= 11 is 0. The van der Waals surface area contributed by atoms with Crippen LogP contribution in [0.3, 0.4) is 0 Å². The van der Waals surface area contributed by atoms with Crippen molar-refractivity contribution in [1.82, 2.24) is 0 Å². The average molecular weight is 173 g/mol. The second kappa shape index (κ2) is 6.76. The van der Waals surface area contributed by atoms with Crippen molar-refractivity contribution in [3.8, 4) is 0 Å². The Morgan fingerprint density at radius 1 is 1.58 bits per heavy atom. The van der Waals surface area contributed by atoms with Crippen molar-refractivity contribution >= 4 is 5.97 Å². The molecule has 70 valence electrons. The highest BCUT2D eigenvalue weighted by Gasteiger charge is 2.09. The summed E-state index contributed by atoms with van der Waals surface area (Å²) in [5, 5.41) is 2.71. The van der Waals surface area contributed by atoms with Crippen LogP contribution in [0.1, 0.15) is 33.1 Å². The van der Waals surface area contributed by atoms with Gasteiger partial charge in [-0.2, -0.15) is 4.91 Å². The SMILES string of the molecule is CCCCOC(=O)C[C@@H](C)N=O. The Morgan fingerprint density at radius 3 is 2.75 bits per heavy atom. The quantitative estimate of drug-likeness (QED) is 0.350. The minimum Gasteiger partial charge on any atom is -0.466 e. The molecule has 0 aliphatic carbocycles. The predicted molar refractivity (Wildman–Crippen MR) is 45.7 cm³/mol. The molecule has 0 aliphatic heterocycles. The molecule has 4 heteroatoms. The third kappa shape index (κ3) is 5.82. The van der Waals surface area contributed by atoms with E-state index in [2.05, 4.69) is 5.18 Å². The van der Waals surface area contributed by atoms with Gasteiger partial charge in [0.05, 0.1) is 19.1 Å². The first-order valence-electron chi connectivity index (χ1n) is 4.18. The molecule has 0 radical (unpaired) electrons. The first-order chi connectivity index (χ1) is 5.70. The van der Waals surface area contributed by atoms with Gasteiger partial charge in [-0.3, -0.25) is 4.79 Å². The Morgan fingerprint density at radius 2 is 2.25 bits per heavy atom. The molecule has 0 aromatic carbocycles. The molecule has 0 saturated heterocycles. The number of esters is 1. The summed E-state index contributed by atoms with van der Waals surface area (Å²) in [6.45, 7) is 4.05. The standard InChI is InChI=1S/C8H15NO3/c1-3-4-5-12-8(10)6-7(2)9-11/h7H,3-6H2,1-2H3/t7-/m1/s1. The second-order valence-corrected chi connectivity index (χ2v) is 2.73. The summed E-state index contributed by atoms with van der Waals surface area (Å²) in [6, 6.07) is -0.473. The van der Waals surface area contributed by atoms with Crippen LogP contribution in [-0.2, 0) is 9.53 Å². The van der Waals surface area contributed by atoms with Crippen molar-refractivity contribution < 1.29 is 9.53 Å². The number of rotatable bonds is 6. The predicted octanol–water partition coefficient (Wildman–Crippen LogP) is 1.87. The first kappa shape index (κ1) is 11.1. The zero-order valence-electron chi connectivity index (χ0n) is 7.58. The maximum Gasteiger partial charge on any atom is 0.308 e. The molecule has 0 aliphatic rings. The lowest BCUT2D eigenvalue weighted by molar-refractivity contribution is -0.144. The van der Waals surface area contributed by atoms with Crippen LogP contribution >= 0.6 is 0 Å². The molecule has 0 rings (SSSR count). The minimum atomic E-state index is -0.473. The van der Waals surface area contributed by atoms with Crippen molar-refractivity contribution in [1.29, 1.82) is 0 Å². The molecule has 0 heterocycles. The third-order valence-corrected chi connectivity index (χ3v) is 1.40. The summed E-state index contributed by atoms with van der Waals surface area (Å²) in [7, 11) is 0. The van der Waals surface area contributed by atoms with Crippen LogP contribution in [0.4, 0.5) is 0 Å². The molecule has 12 heavy (non-hydrogen) atoms. The fourth-order valence-electron chi connectivity index (χ4n) is 0.668. The van der Waals surface area contributed by atoms with Crippen molar-refractivity contribution in [2.75, 3.05) is 6.61 Å². The van der Waals surface area contributed by atoms with Gasteiger partial charge in [-0.15, -0.1) is 0 Å². The number of ether oxygens (including phenoxy) is 1. The van der Waals surface area contributed by atoms with Gasteiger partial charge < -0.3 is 4.74 Å². The number of nitrogens with zero attached hydrogens (tertiary/aromatic N) is 1. The van der Waals surface area contributed by atoms with Crippen molar-refractivity contribution in [3.05, 3.63) is 4.91 Å². The summed E-state index contributed by atoms with van der Waals surface area (Å²) in [4.78, 5) is 20.8. The molecule has 0 aromatic rings. The van der Waals surface area contributed by atoms with Gasteiger partial charge in [-0.1, -0.05) is 18.5 Å². The van der Waals surface area contributed by atoms with Gasteiger partial charge in [0.25, 0.3) is 0 Å². The van der Waals surface area contributed by atoms with E-state index >= 15 is 0 Å². The Kier molecular flexibility index (Phi) is 6.24. The lowest BCUT2D eigenvalue weighted by Gasteiger charge is -2.03.